The van der Waals surface area contributed by atoms with E-state index in [1.165, 1.54) is 4.57 Å². The lowest BCUT2D eigenvalue weighted by Gasteiger charge is -2.12. The molecule has 0 spiro atoms. The molecule has 5 heteroatoms. The molecule has 1 heterocycles. The Morgan fingerprint density at radius 3 is 2.61 bits per heavy atom. The Bertz CT molecular complexity index is 712. The van der Waals surface area contributed by atoms with E-state index in [0.717, 1.165) is 10.0 Å². The summed E-state index contributed by atoms with van der Waals surface area (Å²) >= 11 is 3.34. The SMILES string of the molecule is Cc1cc(Br)cc2c(=O)oc(=O)n(CC(C)C)c12. The van der Waals surface area contributed by atoms with Crippen molar-refractivity contribution in [2.24, 2.45) is 5.92 Å². The van der Waals surface area contributed by atoms with Crippen LogP contribution in [0.1, 0.15) is 19.4 Å². The third-order valence-corrected chi connectivity index (χ3v) is 3.16. The summed E-state index contributed by atoms with van der Waals surface area (Å²) in [5.41, 5.74) is 0.956. The van der Waals surface area contributed by atoms with Gasteiger partial charge in [0, 0.05) is 11.0 Å². The molecule has 18 heavy (non-hydrogen) atoms. The van der Waals surface area contributed by atoms with Gasteiger partial charge in [-0.3, -0.25) is 4.57 Å². The van der Waals surface area contributed by atoms with Crippen LogP contribution in [0.2, 0.25) is 0 Å². The van der Waals surface area contributed by atoms with Crippen molar-refractivity contribution >= 4 is 26.8 Å². The summed E-state index contributed by atoms with van der Waals surface area (Å²) in [6, 6.07) is 3.57. The molecule has 0 aliphatic carbocycles. The van der Waals surface area contributed by atoms with Gasteiger partial charge in [0.2, 0.25) is 0 Å². The summed E-state index contributed by atoms with van der Waals surface area (Å²) < 4.78 is 7.09. The van der Waals surface area contributed by atoms with Crippen LogP contribution in [0, 0.1) is 12.8 Å². The fraction of sp³-hybridized carbons (Fsp3) is 0.385. The number of hydrogen-bond donors (Lipinski definition) is 0. The van der Waals surface area contributed by atoms with Gasteiger partial charge in [-0.15, -0.1) is 0 Å². The van der Waals surface area contributed by atoms with Gasteiger partial charge in [0.1, 0.15) is 0 Å². The number of halogens is 1. The van der Waals surface area contributed by atoms with Gasteiger partial charge in [0.05, 0.1) is 10.9 Å². The molecule has 1 aromatic heterocycles. The topological polar surface area (TPSA) is 52.2 Å². The molecule has 0 fully saturated rings. The van der Waals surface area contributed by atoms with Crippen molar-refractivity contribution in [1.29, 1.82) is 0 Å². The summed E-state index contributed by atoms with van der Waals surface area (Å²) in [5.74, 6) is -0.298. The number of hydrogen-bond acceptors (Lipinski definition) is 3. The maximum Gasteiger partial charge on any atom is 0.422 e. The number of fused-ring (bicyclic) bond motifs is 1. The zero-order valence-electron chi connectivity index (χ0n) is 10.5. The molecule has 0 amide bonds. The predicted octanol–water partition coefficient (Wildman–Crippen LogP) is 2.68. The number of aryl methyl sites for hydroxylation is 1. The van der Waals surface area contributed by atoms with Gasteiger partial charge >= 0.3 is 11.4 Å². The fourth-order valence-corrected chi connectivity index (χ4v) is 2.63. The first-order valence-corrected chi connectivity index (χ1v) is 6.53. The molecule has 4 nitrogen and oxygen atoms in total. The van der Waals surface area contributed by atoms with Gasteiger partial charge in [-0.1, -0.05) is 29.8 Å². The summed E-state index contributed by atoms with van der Waals surface area (Å²) in [6.07, 6.45) is 0. The monoisotopic (exact) mass is 311 g/mol. The highest BCUT2D eigenvalue weighted by molar-refractivity contribution is 9.10. The van der Waals surface area contributed by atoms with E-state index in [1.807, 2.05) is 26.8 Å². The molecule has 0 N–H and O–H groups in total. The average molecular weight is 312 g/mol. The Morgan fingerprint density at radius 1 is 1.33 bits per heavy atom. The quantitative estimate of drug-likeness (QED) is 0.857. The molecule has 0 bridgehead atoms. The molecule has 0 atom stereocenters. The molecule has 2 rings (SSSR count). The Balaban J connectivity index is 2.93. The first-order chi connectivity index (χ1) is 8.40. The second-order valence-electron chi connectivity index (χ2n) is 4.78. The van der Waals surface area contributed by atoms with E-state index >= 15 is 0 Å². The fourth-order valence-electron chi connectivity index (χ4n) is 2.06. The van der Waals surface area contributed by atoms with Crippen LogP contribution < -0.4 is 11.4 Å². The minimum atomic E-state index is -0.591. The minimum Gasteiger partial charge on any atom is -0.372 e. The number of rotatable bonds is 2. The maximum atomic E-state index is 11.8. The van der Waals surface area contributed by atoms with Crippen LogP contribution in [0.4, 0.5) is 0 Å². The maximum absolute atomic E-state index is 11.8. The van der Waals surface area contributed by atoms with Gasteiger partial charge < -0.3 is 4.42 Å². The lowest BCUT2D eigenvalue weighted by Crippen LogP contribution is -2.27. The van der Waals surface area contributed by atoms with E-state index in [0.29, 0.717) is 23.4 Å². The molecule has 1 aromatic carbocycles. The Kier molecular flexibility index (Phi) is 3.43. The Hall–Kier alpha value is -1.36. The zero-order valence-corrected chi connectivity index (χ0v) is 12.1. The number of aromatic nitrogens is 1. The van der Waals surface area contributed by atoms with Crippen LogP contribution in [0.15, 0.2) is 30.6 Å². The second-order valence-corrected chi connectivity index (χ2v) is 5.69. The molecule has 0 radical (unpaired) electrons. The number of nitrogens with zero attached hydrogens (tertiary/aromatic N) is 1. The van der Waals surface area contributed by atoms with Crippen molar-refractivity contribution in [3.05, 3.63) is 43.1 Å². The van der Waals surface area contributed by atoms with Gasteiger partial charge in [0.15, 0.2) is 0 Å². The first-order valence-electron chi connectivity index (χ1n) is 5.74. The molecule has 2 aromatic rings. The van der Waals surface area contributed by atoms with E-state index in [4.69, 9.17) is 4.42 Å². The van der Waals surface area contributed by atoms with E-state index in [1.54, 1.807) is 6.07 Å². The molecule has 0 unspecified atom stereocenters. The third kappa shape index (κ3) is 2.27. The summed E-state index contributed by atoms with van der Waals surface area (Å²) in [5, 5.41) is 0.433. The lowest BCUT2D eigenvalue weighted by atomic mass is 10.1. The molecule has 96 valence electrons. The van der Waals surface area contributed by atoms with Gasteiger partial charge in [0.25, 0.3) is 0 Å². The first kappa shape index (κ1) is 13.1. The van der Waals surface area contributed by atoms with Crippen LogP contribution >= 0.6 is 15.9 Å². The zero-order chi connectivity index (χ0) is 13.4. The van der Waals surface area contributed by atoms with Crippen LogP contribution in [0.25, 0.3) is 10.9 Å². The highest BCUT2D eigenvalue weighted by atomic mass is 79.9. The van der Waals surface area contributed by atoms with Crippen molar-refractivity contribution in [2.75, 3.05) is 0 Å². The van der Waals surface area contributed by atoms with Crippen LogP contribution in [0.5, 0.6) is 0 Å². The highest BCUT2D eigenvalue weighted by Gasteiger charge is 2.13. The van der Waals surface area contributed by atoms with Crippen molar-refractivity contribution in [3.63, 3.8) is 0 Å². The molecule has 0 saturated carbocycles. The second kappa shape index (κ2) is 4.72. The van der Waals surface area contributed by atoms with E-state index in [9.17, 15) is 9.59 Å². The Morgan fingerprint density at radius 2 is 2.00 bits per heavy atom. The molecule has 0 aliphatic heterocycles. The highest BCUT2D eigenvalue weighted by Crippen LogP contribution is 2.21. The standard InChI is InChI=1S/C13H14BrNO3/c1-7(2)6-15-11-8(3)4-9(14)5-10(11)12(16)18-13(15)17/h4-5,7H,6H2,1-3H3. The van der Waals surface area contributed by atoms with Crippen LogP contribution in [-0.4, -0.2) is 4.57 Å². The minimum absolute atomic E-state index is 0.293. The third-order valence-electron chi connectivity index (χ3n) is 2.70. The smallest absolute Gasteiger partial charge is 0.372 e. The normalized spacial score (nSPS) is 11.4. The predicted molar refractivity (Wildman–Crippen MR) is 74.0 cm³/mol. The summed E-state index contributed by atoms with van der Waals surface area (Å²) in [4.78, 5) is 23.6. The molecular formula is C13H14BrNO3. The van der Waals surface area contributed by atoms with E-state index in [-0.39, 0.29) is 0 Å². The van der Waals surface area contributed by atoms with Crippen LogP contribution in [-0.2, 0) is 6.54 Å². The molecular weight excluding hydrogens is 298 g/mol. The van der Waals surface area contributed by atoms with Gasteiger partial charge in [-0.05, 0) is 30.5 Å². The van der Waals surface area contributed by atoms with Crippen LogP contribution in [0.3, 0.4) is 0 Å². The van der Waals surface area contributed by atoms with E-state index < -0.39 is 11.4 Å². The summed E-state index contributed by atoms with van der Waals surface area (Å²) in [6.45, 7) is 6.43. The van der Waals surface area contributed by atoms with Gasteiger partial charge in [-0.2, -0.15) is 0 Å². The Labute approximate surface area is 112 Å². The number of benzene rings is 1. The van der Waals surface area contributed by atoms with Crippen molar-refractivity contribution < 1.29 is 4.42 Å². The summed E-state index contributed by atoms with van der Waals surface area (Å²) in [7, 11) is 0. The van der Waals surface area contributed by atoms with Crippen molar-refractivity contribution in [2.45, 2.75) is 27.3 Å². The average Bonchev–Trinajstić information content (AvgIpc) is 2.23. The lowest BCUT2D eigenvalue weighted by molar-refractivity contribution is 0.392. The molecule has 0 aliphatic rings. The molecule has 0 saturated heterocycles. The van der Waals surface area contributed by atoms with Crippen molar-refractivity contribution in [1.82, 2.24) is 4.57 Å². The largest absolute Gasteiger partial charge is 0.422 e. The van der Waals surface area contributed by atoms with E-state index in [2.05, 4.69) is 15.9 Å². The van der Waals surface area contributed by atoms with Gasteiger partial charge in [-0.25, -0.2) is 9.59 Å². The van der Waals surface area contributed by atoms with Crippen molar-refractivity contribution in [3.8, 4) is 0 Å².